The Morgan fingerprint density at radius 3 is 2.28 bits per heavy atom. The molecule has 0 saturated carbocycles. The number of aromatic nitrogens is 1. The van der Waals surface area contributed by atoms with E-state index in [9.17, 15) is 9.59 Å². The minimum Gasteiger partial charge on any atom is -0.321 e. The largest absolute Gasteiger partial charge is 0.321 e. The first-order valence-electron chi connectivity index (χ1n) is 8.17. The Bertz CT molecular complexity index is 939. The van der Waals surface area contributed by atoms with Crippen LogP contribution in [0, 0.1) is 13.8 Å². The topological polar surface area (TPSA) is 51.1 Å². The summed E-state index contributed by atoms with van der Waals surface area (Å²) in [5, 5.41) is 2.87. The van der Waals surface area contributed by atoms with E-state index in [2.05, 4.69) is 5.32 Å². The maximum atomic E-state index is 12.7. The number of hydrogen-bond donors (Lipinski definition) is 1. The molecule has 4 heteroatoms. The number of benzene rings is 2. The molecule has 1 amide bonds. The Morgan fingerprint density at radius 2 is 1.60 bits per heavy atom. The molecule has 2 aromatic carbocycles. The fourth-order valence-corrected chi connectivity index (χ4v) is 2.81. The summed E-state index contributed by atoms with van der Waals surface area (Å²) in [6.45, 7) is 4.30. The van der Waals surface area contributed by atoms with E-state index in [1.807, 2.05) is 62.4 Å². The van der Waals surface area contributed by atoms with Crippen molar-refractivity contribution < 1.29 is 4.79 Å². The van der Waals surface area contributed by atoms with Crippen LogP contribution in [-0.4, -0.2) is 10.5 Å². The molecule has 0 saturated heterocycles. The number of amides is 1. The van der Waals surface area contributed by atoms with Crippen LogP contribution >= 0.6 is 0 Å². The first-order chi connectivity index (χ1) is 12.1. The zero-order chi connectivity index (χ0) is 17.8. The van der Waals surface area contributed by atoms with Crippen molar-refractivity contribution in [2.45, 2.75) is 20.4 Å². The van der Waals surface area contributed by atoms with Crippen molar-refractivity contribution in [3.8, 4) is 0 Å². The molecule has 0 spiro atoms. The summed E-state index contributed by atoms with van der Waals surface area (Å²) < 4.78 is 1.55. The maximum Gasteiger partial charge on any atom is 0.263 e. The van der Waals surface area contributed by atoms with Crippen LogP contribution in [0.3, 0.4) is 0 Å². The van der Waals surface area contributed by atoms with Crippen LogP contribution in [0.25, 0.3) is 0 Å². The van der Waals surface area contributed by atoms with Gasteiger partial charge in [-0.3, -0.25) is 9.59 Å². The van der Waals surface area contributed by atoms with E-state index < -0.39 is 0 Å². The molecule has 0 radical (unpaired) electrons. The van der Waals surface area contributed by atoms with Crippen LogP contribution in [0.4, 0.5) is 5.69 Å². The summed E-state index contributed by atoms with van der Waals surface area (Å²) in [6.07, 6.45) is 1.70. The number of hydrogen-bond acceptors (Lipinski definition) is 2. The highest BCUT2D eigenvalue weighted by Gasteiger charge is 2.14. The fourth-order valence-electron chi connectivity index (χ4n) is 2.81. The van der Waals surface area contributed by atoms with Crippen molar-refractivity contribution in [1.29, 1.82) is 0 Å². The number of aryl methyl sites for hydroxylation is 2. The molecule has 25 heavy (non-hydrogen) atoms. The van der Waals surface area contributed by atoms with Crippen LogP contribution in [0.15, 0.2) is 71.7 Å². The molecule has 4 nitrogen and oxygen atoms in total. The van der Waals surface area contributed by atoms with Crippen LogP contribution in [0.2, 0.25) is 0 Å². The van der Waals surface area contributed by atoms with Crippen molar-refractivity contribution in [1.82, 2.24) is 4.57 Å². The van der Waals surface area contributed by atoms with Crippen molar-refractivity contribution in [3.63, 3.8) is 0 Å². The quantitative estimate of drug-likeness (QED) is 0.791. The molecule has 126 valence electrons. The summed E-state index contributed by atoms with van der Waals surface area (Å²) in [5.74, 6) is -0.384. The van der Waals surface area contributed by atoms with Crippen molar-refractivity contribution >= 4 is 11.6 Å². The number of anilines is 1. The lowest BCUT2D eigenvalue weighted by atomic mass is 10.1. The average Bonchev–Trinajstić information content (AvgIpc) is 2.61. The predicted octanol–water partition coefficient (Wildman–Crippen LogP) is 3.77. The van der Waals surface area contributed by atoms with Gasteiger partial charge in [-0.05, 0) is 42.7 Å². The molecule has 0 aliphatic heterocycles. The van der Waals surface area contributed by atoms with Gasteiger partial charge in [-0.15, -0.1) is 0 Å². The van der Waals surface area contributed by atoms with Gasteiger partial charge in [-0.2, -0.15) is 0 Å². The second-order valence-electron chi connectivity index (χ2n) is 6.06. The zero-order valence-corrected chi connectivity index (χ0v) is 14.3. The first kappa shape index (κ1) is 16.7. The van der Waals surface area contributed by atoms with Crippen LogP contribution < -0.4 is 10.9 Å². The molecule has 0 aliphatic rings. The number of rotatable bonds is 4. The van der Waals surface area contributed by atoms with Crippen molar-refractivity contribution in [2.24, 2.45) is 0 Å². The lowest BCUT2D eigenvalue weighted by Gasteiger charge is -2.12. The summed E-state index contributed by atoms with van der Waals surface area (Å²) >= 11 is 0. The highest BCUT2D eigenvalue weighted by atomic mass is 16.2. The van der Waals surface area contributed by atoms with E-state index in [-0.39, 0.29) is 17.0 Å². The Hall–Kier alpha value is -3.14. The van der Waals surface area contributed by atoms with Gasteiger partial charge in [0.15, 0.2) is 0 Å². The summed E-state index contributed by atoms with van der Waals surface area (Å²) in [5.41, 5.74) is 3.54. The van der Waals surface area contributed by atoms with Gasteiger partial charge < -0.3 is 9.88 Å². The zero-order valence-electron chi connectivity index (χ0n) is 14.3. The lowest BCUT2D eigenvalue weighted by molar-refractivity contribution is 0.102. The molecular weight excluding hydrogens is 312 g/mol. The van der Waals surface area contributed by atoms with Crippen LogP contribution in [-0.2, 0) is 6.54 Å². The Balaban J connectivity index is 1.89. The first-order valence-corrected chi connectivity index (χ1v) is 8.17. The van der Waals surface area contributed by atoms with Gasteiger partial charge in [-0.25, -0.2) is 0 Å². The van der Waals surface area contributed by atoms with Gasteiger partial charge in [-0.1, -0.05) is 48.5 Å². The van der Waals surface area contributed by atoms with E-state index >= 15 is 0 Å². The number of para-hydroxylation sites is 1. The molecule has 0 bridgehead atoms. The maximum absolute atomic E-state index is 12.7. The third-order valence-electron chi connectivity index (χ3n) is 4.18. The SMILES string of the molecule is Cc1cccc(C)c1NC(=O)c1cccn(Cc2ccccc2)c1=O. The Kier molecular flexibility index (Phi) is 4.80. The molecule has 3 rings (SSSR count). The van der Waals surface area contributed by atoms with E-state index in [0.717, 1.165) is 22.4 Å². The van der Waals surface area contributed by atoms with Crippen LogP contribution in [0.1, 0.15) is 27.0 Å². The third kappa shape index (κ3) is 3.69. The number of pyridine rings is 1. The van der Waals surface area contributed by atoms with Gasteiger partial charge in [0, 0.05) is 11.9 Å². The molecule has 3 aromatic rings. The smallest absolute Gasteiger partial charge is 0.263 e. The van der Waals surface area contributed by atoms with Gasteiger partial charge >= 0.3 is 0 Å². The molecule has 1 heterocycles. The predicted molar refractivity (Wildman–Crippen MR) is 100 cm³/mol. The van der Waals surface area contributed by atoms with Gasteiger partial charge in [0.2, 0.25) is 0 Å². The minimum atomic E-state index is -0.384. The molecule has 1 aromatic heterocycles. The lowest BCUT2D eigenvalue weighted by Crippen LogP contribution is -2.29. The standard InChI is InChI=1S/C21H20N2O2/c1-15-8-6-9-16(2)19(15)22-20(24)18-12-7-13-23(21(18)25)14-17-10-4-3-5-11-17/h3-13H,14H2,1-2H3,(H,22,24). The van der Waals surface area contributed by atoms with Crippen molar-refractivity contribution in [3.05, 3.63) is 99.5 Å². The highest BCUT2D eigenvalue weighted by molar-refractivity contribution is 6.04. The van der Waals surface area contributed by atoms with E-state index in [1.54, 1.807) is 22.9 Å². The fraction of sp³-hybridized carbons (Fsp3) is 0.143. The summed E-state index contributed by atoms with van der Waals surface area (Å²) in [4.78, 5) is 25.3. The summed E-state index contributed by atoms with van der Waals surface area (Å²) in [6, 6.07) is 18.8. The third-order valence-corrected chi connectivity index (χ3v) is 4.18. The molecule has 0 unspecified atom stereocenters. The average molecular weight is 332 g/mol. The van der Waals surface area contributed by atoms with Gasteiger partial charge in [0.25, 0.3) is 11.5 Å². The van der Waals surface area contributed by atoms with Crippen molar-refractivity contribution in [2.75, 3.05) is 5.32 Å². The van der Waals surface area contributed by atoms with E-state index in [0.29, 0.717) is 6.54 Å². The van der Waals surface area contributed by atoms with Crippen LogP contribution in [0.5, 0.6) is 0 Å². The molecule has 0 aliphatic carbocycles. The number of nitrogens with one attached hydrogen (secondary N) is 1. The Morgan fingerprint density at radius 1 is 0.920 bits per heavy atom. The molecule has 1 N–H and O–H groups in total. The van der Waals surface area contributed by atoms with Gasteiger partial charge in [0.05, 0.1) is 6.54 Å². The Labute approximate surface area is 146 Å². The van der Waals surface area contributed by atoms with E-state index in [4.69, 9.17) is 0 Å². The number of carbonyl (C=O) groups excluding carboxylic acids is 1. The number of nitrogens with zero attached hydrogens (tertiary/aromatic N) is 1. The van der Waals surface area contributed by atoms with Gasteiger partial charge in [0.1, 0.15) is 5.56 Å². The normalized spacial score (nSPS) is 10.5. The second-order valence-corrected chi connectivity index (χ2v) is 6.06. The molecular formula is C21H20N2O2. The number of carbonyl (C=O) groups is 1. The second kappa shape index (κ2) is 7.18. The minimum absolute atomic E-state index is 0.140. The highest BCUT2D eigenvalue weighted by Crippen LogP contribution is 2.19. The molecule has 0 atom stereocenters. The molecule has 0 fully saturated rings. The summed E-state index contributed by atoms with van der Waals surface area (Å²) in [7, 11) is 0. The monoisotopic (exact) mass is 332 g/mol. The van der Waals surface area contributed by atoms with E-state index in [1.165, 1.54) is 0 Å².